The quantitative estimate of drug-likeness (QED) is 0.334. The van der Waals surface area contributed by atoms with Crippen molar-refractivity contribution >= 4 is 29.1 Å². The third-order valence-electron chi connectivity index (χ3n) is 4.15. The minimum absolute atomic E-state index is 0.0654. The first-order chi connectivity index (χ1) is 14.4. The molecule has 1 heterocycles. The Balaban J connectivity index is 1.56. The normalized spacial score (nSPS) is 10.5. The molecule has 0 saturated carbocycles. The summed E-state index contributed by atoms with van der Waals surface area (Å²) in [6.45, 7) is 1.85. The number of carbonyl (C=O) groups excluding carboxylic acids is 2. The van der Waals surface area contributed by atoms with Crippen molar-refractivity contribution in [2.45, 2.75) is 6.92 Å². The molecule has 2 N–H and O–H groups in total. The third-order valence-corrected chi connectivity index (χ3v) is 4.38. The van der Waals surface area contributed by atoms with Gasteiger partial charge in [-0.3, -0.25) is 19.7 Å². The van der Waals surface area contributed by atoms with E-state index in [0.717, 1.165) is 0 Å². The molecule has 0 bridgehead atoms. The number of halogens is 1. The van der Waals surface area contributed by atoms with Crippen LogP contribution in [0, 0.1) is 17.0 Å². The van der Waals surface area contributed by atoms with E-state index in [1.54, 1.807) is 31.2 Å². The van der Waals surface area contributed by atoms with E-state index in [1.165, 1.54) is 18.2 Å². The smallest absolute Gasteiger partial charge is 0.316 e. The number of hydrogen-bond donors (Lipinski definition) is 2. The van der Waals surface area contributed by atoms with Crippen molar-refractivity contribution in [3.8, 4) is 11.4 Å². The molecule has 1 aromatic heterocycles. The molecule has 2 aromatic carbocycles. The van der Waals surface area contributed by atoms with Gasteiger partial charge in [0.2, 0.25) is 5.82 Å². The Morgan fingerprint density at radius 2 is 1.83 bits per heavy atom. The first kappa shape index (κ1) is 20.9. The predicted octanol–water partition coefficient (Wildman–Crippen LogP) is 2.77. The molecule has 154 valence electrons. The van der Waals surface area contributed by atoms with Gasteiger partial charge in [0.25, 0.3) is 11.6 Å². The number of aromatic nitrogens is 2. The zero-order valence-corrected chi connectivity index (χ0v) is 16.5. The average molecular weight is 430 g/mol. The zero-order chi connectivity index (χ0) is 21.7. The van der Waals surface area contributed by atoms with E-state index in [2.05, 4.69) is 20.8 Å². The van der Waals surface area contributed by atoms with Gasteiger partial charge in [0.1, 0.15) is 0 Å². The molecule has 3 rings (SSSR count). The van der Waals surface area contributed by atoms with E-state index in [-0.39, 0.29) is 36.4 Å². The first-order valence-electron chi connectivity index (χ1n) is 8.77. The minimum atomic E-state index is -0.631. The first-order valence-corrected chi connectivity index (χ1v) is 9.14. The van der Waals surface area contributed by atoms with Crippen molar-refractivity contribution in [1.82, 2.24) is 20.8 Å². The number of nitrogens with one attached hydrogen (secondary N) is 2. The number of nitrogens with zero attached hydrogens (tertiary/aromatic N) is 3. The van der Waals surface area contributed by atoms with Crippen LogP contribution in [0.4, 0.5) is 5.69 Å². The molecule has 3 aromatic rings. The van der Waals surface area contributed by atoms with Crippen molar-refractivity contribution in [2.24, 2.45) is 0 Å². The SMILES string of the molecule is Cc1c(-c2noc(C(=O)NCCNC(=O)c3cccc(Cl)c3)n2)cccc1[N+](=O)[O-]. The molecule has 0 aliphatic rings. The van der Waals surface area contributed by atoms with Gasteiger partial charge < -0.3 is 15.2 Å². The number of benzene rings is 2. The van der Waals surface area contributed by atoms with Gasteiger partial charge in [-0.1, -0.05) is 35.0 Å². The van der Waals surface area contributed by atoms with Crippen LogP contribution >= 0.6 is 11.6 Å². The van der Waals surface area contributed by atoms with E-state index >= 15 is 0 Å². The Hall–Kier alpha value is -3.79. The van der Waals surface area contributed by atoms with E-state index in [4.69, 9.17) is 16.1 Å². The van der Waals surface area contributed by atoms with Crippen LogP contribution in [0.25, 0.3) is 11.4 Å². The fraction of sp³-hybridized carbons (Fsp3) is 0.158. The van der Waals surface area contributed by atoms with E-state index in [0.29, 0.717) is 21.7 Å². The second-order valence-electron chi connectivity index (χ2n) is 6.15. The lowest BCUT2D eigenvalue weighted by atomic mass is 10.1. The standard InChI is InChI=1S/C19H16ClN5O5/c1-11-14(6-3-7-15(11)25(28)29)16-23-19(30-24-16)18(27)22-9-8-21-17(26)12-4-2-5-13(20)10-12/h2-7,10H,8-9H2,1H3,(H,21,26)(H,22,27). The van der Waals surface area contributed by atoms with Crippen LogP contribution in [-0.4, -0.2) is 40.0 Å². The Bertz CT molecular complexity index is 1110. The van der Waals surface area contributed by atoms with Crippen LogP contribution < -0.4 is 10.6 Å². The van der Waals surface area contributed by atoms with Gasteiger partial charge in [-0.2, -0.15) is 4.98 Å². The van der Waals surface area contributed by atoms with Crippen molar-refractivity contribution < 1.29 is 19.0 Å². The van der Waals surface area contributed by atoms with Gasteiger partial charge in [-0.25, -0.2) is 0 Å². The zero-order valence-electron chi connectivity index (χ0n) is 15.7. The highest BCUT2D eigenvalue weighted by molar-refractivity contribution is 6.30. The van der Waals surface area contributed by atoms with Crippen LogP contribution in [0.5, 0.6) is 0 Å². The molecule has 0 radical (unpaired) electrons. The van der Waals surface area contributed by atoms with Crippen LogP contribution in [0.15, 0.2) is 47.0 Å². The van der Waals surface area contributed by atoms with Gasteiger partial charge in [0.15, 0.2) is 0 Å². The molecule has 0 atom stereocenters. The van der Waals surface area contributed by atoms with E-state index < -0.39 is 10.8 Å². The second kappa shape index (κ2) is 9.14. The Morgan fingerprint density at radius 3 is 2.53 bits per heavy atom. The molecular weight excluding hydrogens is 414 g/mol. The second-order valence-corrected chi connectivity index (χ2v) is 6.59. The van der Waals surface area contributed by atoms with Crippen molar-refractivity contribution in [2.75, 3.05) is 13.1 Å². The van der Waals surface area contributed by atoms with Crippen LogP contribution in [-0.2, 0) is 0 Å². The highest BCUT2D eigenvalue weighted by Crippen LogP contribution is 2.27. The number of nitro groups is 1. The molecule has 0 spiro atoms. The largest absolute Gasteiger partial charge is 0.350 e. The van der Waals surface area contributed by atoms with Crippen LogP contribution in [0.3, 0.4) is 0 Å². The van der Waals surface area contributed by atoms with Crippen LogP contribution in [0.2, 0.25) is 5.02 Å². The van der Waals surface area contributed by atoms with Crippen molar-refractivity contribution in [1.29, 1.82) is 0 Å². The Labute approximate surface area is 175 Å². The maximum absolute atomic E-state index is 12.2. The fourth-order valence-electron chi connectivity index (χ4n) is 2.65. The molecule has 10 nitrogen and oxygen atoms in total. The Morgan fingerprint density at radius 1 is 1.13 bits per heavy atom. The summed E-state index contributed by atoms with van der Waals surface area (Å²) < 4.78 is 4.95. The molecule has 0 aliphatic heterocycles. The van der Waals surface area contributed by atoms with E-state index in [9.17, 15) is 19.7 Å². The van der Waals surface area contributed by atoms with Gasteiger partial charge in [-0.15, -0.1) is 0 Å². The molecule has 0 unspecified atom stereocenters. The summed E-state index contributed by atoms with van der Waals surface area (Å²) >= 11 is 5.85. The summed E-state index contributed by atoms with van der Waals surface area (Å²) in [5.74, 6) is -1.19. The minimum Gasteiger partial charge on any atom is -0.350 e. The van der Waals surface area contributed by atoms with Gasteiger partial charge in [-0.05, 0) is 25.1 Å². The summed E-state index contributed by atoms with van der Waals surface area (Å²) in [6.07, 6.45) is 0. The summed E-state index contributed by atoms with van der Waals surface area (Å²) in [4.78, 5) is 38.7. The molecule has 0 fully saturated rings. The number of nitro benzene ring substituents is 1. The van der Waals surface area contributed by atoms with Crippen LogP contribution in [0.1, 0.15) is 26.6 Å². The third kappa shape index (κ3) is 4.78. The predicted molar refractivity (Wildman–Crippen MR) is 107 cm³/mol. The molecule has 0 saturated heterocycles. The number of rotatable bonds is 7. The monoisotopic (exact) mass is 429 g/mol. The number of amides is 2. The summed E-state index contributed by atoms with van der Waals surface area (Å²) in [6, 6.07) is 10.9. The van der Waals surface area contributed by atoms with Gasteiger partial charge >= 0.3 is 11.8 Å². The topological polar surface area (TPSA) is 140 Å². The lowest BCUT2D eigenvalue weighted by molar-refractivity contribution is -0.385. The maximum Gasteiger partial charge on any atom is 0.316 e. The summed E-state index contributed by atoms with van der Waals surface area (Å²) in [5, 5.41) is 20.4. The highest BCUT2D eigenvalue weighted by atomic mass is 35.5. The summed E-state index contributed by atoms with van der Waals surface area (Å²) in [5.41, 5.74) is 1.07. The van der Waals surface area contributed by atoms with Gasteiger partial charge in [0, 0.05) is 40.9 Å². The molecule has 30 heavy (non-hydrogen) atoms. The molecule has 11 heteroatoms. The molecular formula is C19H16ClN5O5. The van der Waals surface area contributed by atoms with E-state index in [1.807, 2.05) is 0 Å². The number of hydrogen-bond acceptors (Lipinski definition) is 7. The fourth-order valence-corrected chi connectivity index (χ4v) is 2.84. The van der Waals surface area contributed by atoms with Gasteiger partial charge in [0.05, 0.1) is 4.92 Å². The molecule has 2 amide bonds. The lowest BCUT2D eigenvalue weighted by Gasteiger charge is -2.06. The Kier molecular flexibility index (Phi) is 6.38. The molecule has 0 aliphatic carbocycles. The van der Waals surface area contributed by atoms with Crippen molar-refractivity contribution in [3.05, 3.63) is 74.6 Å². The average Bonchev–Trinajstić information content (AvgIpc) is 3.21. The van der Waals surface area contributed by atoms with Crippen molar-refractivity contribution in [3.63, 3.8) is 0 Å². The lowest BCUT2D eigenvalue weighted by Crippen LogP contribution is -2.34. The number of carbonyl (C=O) groups is 2. The maximum atomic E-state index is 12.2. The summed E-state index contributed by atoms with van der Waals surface area (Å²) in [7, 11) is 0. The highest BCUT2D eigenvalue weighted by Gasteiger charge is 2.20.